The molecule has 2 fully saturated rings. The summed E-state index contributed by atoms with van der Waals surface area (Å²) in [6, 6.07) is -0.408. The van der Waals surface area contributed by atoms with E-state index in [0.717, 1.165) is 24.2 Å². The lowest BCUT2D eigenvalue weighted by atomic mass is 10.0. The molecule has 12 nitrogen and oxygen atoms in total. The second kappa shape index (κ2) is 6.25. The standard InChI is InChI=1S/C13H16N8O4S/c14-19-17-12-16-10-9(11(22)21(12)15)26-13(23)20(10)7-4-3-6(25-7)8(18-24)5-1-2-5/h5-8H,1-4,15H2,(H2,14,16,17)/t6-,7+,8?/m0/s1. The molecular weight excluding hydrogens is 364 g/mol. The Balaban J connectivity index is 1.73. The van der Waals surface area contributed by atoms with Gasteiger partial charge in [-0.3, -0.25) is 14.2 Å². The molecule has 2 aromatic heterocycles. The zero-order valence-electron chi connectivity index (χ0n) is 13.5. The zero-order chi connectivity index (χ0) is 18.4. The number of hydrogen-bond donors (Lipinski definition) is 3. The van der Waals surface area contributed by atoms with Crippen LogP contribution >= 0.6 is 11.3 Å². The van der Waals surface area contributed by atoms with Crippen LogP contribution in [0.25, 0.3) is 10.3 Å². The first-order valence-electron chi connectivity index (χ1n) is 8.08. The second-order valence-corrected chi connectivity index (χ2v) is 7.33. The Kier molecular flexibility index (Phi) is 4.03. The smallest absolute Gasteiger partial charge is 0.311 e. The van der Waals surface area contributed by atoms with Crippen LogP contribution in [0.2, 0.25) is 0 Å². The molecule has 0 bridgehead atoms. The van der Waals surface area contributed by atoms with Crippen LogP contribution < -0.4 is 21.7 Å². The van der Waals surface area contributed by atoms with Gasteiger partial charge < -0.3 is 10.6 Å². The maximum atomic E-state index is 12.5. The van der Waals surface area contributed by atoms with Gasteiger partial charge in [-0.25, -0.2) is 5.43 Å². The Labute approximate surface area is 149 Å². The van der Waals surface area contributed by atoms with Crippen LogP contribution in [-0.2, 0) is 4.74 Å². The molecule has 0 amide bonds. The van der Waals surface area contributed by atoms with Crippen LogP contribution in [0.4, 0.5) is 5.95 Å². The molecule has 1 saturated carbocycles. The Hall–Kier alpha value is -2.67. The summed E-state index contributed by atoms with van der Waals surface area (Å²) < 4.78 is 8.01. The van der Waals surface area contributed by atoms with Crippen molar-refractivity contribution in [3.8, 4) is 0 Å². The van der Waals surface area contributed by atoms with E-state index in [-0.39, 0.29) is 28.3 Å². The lowest BCUT2D eigenvalue weighted by Gasteiger charge is -2.18. The molecule has 1 aliphatic carbocycles. The summed E-state index contributed by atoms with van der Waals surface area (Å²) in [6.45, 7) is 0. The van der Waals surface area contributed by atoms with E-state index in [2.05, 4.69) is 20.8 Å². The quantitative estimate of drug-likeness (QED) is 0.289. The molecule has 4 N–H and O–H groups in total. The zero-order valence-corrected chi connectivity index (χ0v) is 14.3. The van der Waals surface area contributed by atoms with Gasteiger partial charge in [0.15, 0.2) is 5.65 Å². The molecule has 2 aliphatic rings. The minimum Gasteiger partial charge on any atom is -0.352 e. The number of anilines is 1. The number of nitroso groups, excluding NO2 is 1. The maximum absolute atomic E-state index is 12.5. The minimum atomic E-state index is -0.634. The van der Waals surface area contributed by atoms with E-state index in [1.807, 2.05) is 0 Å². The number of thiazole rings is 1. The van der Waals surface area contributed by atoms with Crippen LogP contribution in [0, 0.1) is 16.4 Å². The summed E-state index contributed by atoms with van der Waals surface area (Å²) in [5.41, 5.74) is 8.55. The van der Waals surface area contributed by atoms with Gasteiger partial charge in [0.25, 0.3) is 5.56 Å². The molecule has 138 valence electrons. The van der Waals surface area contributed by atoms with E-state index >= 15 is 0 Å². The molecule has 3 heterocycles. The Morgan fingerprint density at radius 2 is 2.12 bits per heavy atom. The lowest BCUT2D eigenvalue weighted by molar-refractivity contribution is -0.0110. The van der Waals surface area contributed by atoms with Crippen molar-refractivity contribution in [2.75, 3.05) is 11.3 Å². The van der Waals surface area contributed by atoms with Crippen LogP contribution in [-0.4, -0.2) is 26.4 Å². The Morgan fingerprint density at radius 1 is 1.35 bits per heavy atom. The molecule has 0 radical (unpaired) electrons. The van der Waals surface area contributed by atoms with E-state index in [1.165, 1.54) is 4.57 Å². The summed E-state index contributed by atoms with van der Waals surface area (Å²) >= 11 is 0.728. The number of nitrogen functional groups attached to an aromatic ring is 1. The van der Waals surface area contributed by atoms with Crippen molar-refractivity contribution in [3.63, 3.8) is 0 Å². The van der Waals surface area contributed by atoms with E-state index in [0.29, 0.717) is 17.5 Å². The molecule has 13 heteroatoms. The summed E-state index contributed by atoms with van der Waals surface area (Å²) in [7, 11) is 0. The highest BCUT2D eigenvalue weighted by atomic mass is 32.1. The van der Waals surface area contributed by atoms with Gasteiger partial charge in [-0.2, -0.15) is 20.1 Å². The van der Waals surface area contributed by atoms with Gasteiger partial charge in [0, 0.05) is 0 Å². The highest BCUT2D eigenvalue weighted by Crippen LogP contribution is 2.41. The number of nitrogens with one attached hydrogen (secondary N) is 2. The molecule has 1 aliphatic heterocycles. The molecule has 1 saturated heterocycles. The minimum absolute atomic E-state index is 0.0901. The van der Waals surface area contributed by atoms with Gasteiger partial charge >= 0.3 is 4.87 Å². The van der Waals surface area contributed by atoms with Crippen LogP contribution in [0.3, 0.4) is 0 Å². The van der Waals surface area contributed by atoms with Crippen molar-refractivity contribution in [2.24, 2.45) is 16.3 Å². The Bertz CT molecular complexity index is 992. The number of fused-ring (bicyclic) bond motifs is 1. The highest BCUT2D eigenvalue weighted by molar-refractivity contribution is 7.16. The van der Waals surface area contributed by atoms with Crippen molar-refractivity contribution < 1.29 is 4.74 Å². The normalized spacial score (nSPS) is 23.8. The van der Waals surface area contributed by atoms with Gasteiger partial charge in [-0.1, -0.05) is 21.7 Å². The number of nitrogens with two attached hydrogens (primary N) is 1. The average molecular weight is 380 g/mol. The summed E-state index contributed by atoms with van der Waals surface area (Å²) in [6.07, 6.45) is 2.06. The Morgan fingerprint density at radius 3 is 2.77 bits per heavy atom. The molecule has 2 aromatic rings. The molecule has 0 spiro atoms. The van der Waals surface area contributed by atoms with E-state index < -0.39 is 22.7 Å². The largest absolute Gasteiger partial charge is 0.352 e. The molecule has 4 rings (SSSR count). The summed E-state index contributed by atoms with van der Waals surface area (Å²) in [5, 5.41) is 6.17. The van der Waals surface area contributed by atoms with E-state index in [1.54, 1.807) is 0 Å². The van der Waals surface area contributed by atoms with Crippen molar-refractivity contribution >= 4 is 27.6 Å². The lowest BCUT2D eigenvalue weighted by Crippen LogP contribution is -2.30. The third kappa shape index (κ3) is 2.59. The first-order chi connectivity index (χ1) is 12.5. The van der Waals surface area contributed by atoms with Crippen LogP contribution in [0.1, 0.15) is 31.9 Å². The van der Waals surface area contributed by atoms with Gasteiger partial charge in [-0.15, -0.1) is 0 Å². The molecule has 3 atom stereocenters. The first kappa shape index (κ1) is 16.8. The third-order valence-electron chi connectivity index (χ3n) is 4.75. The van der Waals surface area contributed by atoms with Crippen molar-refractivity contribution in [1.82, 2.24) is 14.2 Å². The van der Waals surface area contributed by atoms with Crippen molar-refractivity contribution in [3.05, 3.63) is 24.9 Å². The number of hydrogen-bond acceptors (Lipinski definition) is 10. The van der Waals surface area contributed by atoms with E-state index in [9.17, 15) is 14.5 Å². The SMILES string of the molecule is N=NNc1nc2c(sc(=O)n2[C@H]2CC[C@@H](C(N=O)C3CC3)O2)c(=O)n1N. The molecule has 1 unspecified atom stereocenters. The van der Waals surface area contributed by atoms with Gasteiger partial charge in [-0.05, 0) is 31.6 Å². The maximum Gasteiger partial charge on any atom is 0.311 e. The first-order valence-corrected chi connectivity index (χ1v) is 8.90. The van der Waals surface area contributed by atoms with Gasteiger partial charge in [0.1, 0.15) is 17.0 Å². The van der Waals surface area contributed by atoms with Crippen LogP contribution in [0.15, 0.2) is 20.0 Å². The van der Waals surface area contributed by atoms with Crippen molar-refractivity contribution in [1.29, 1.82) is 5.53 Å². The average Bonchev–Trinajstić information content (AvgIpc) is 3.24. The summed E-state index contributed by atoms with van der Waals surface area (Å²) in [5.74, 6) is 5.71. The van der Waals surface area contributed by atoms with E-state index in [4.69, 9.17) is 16.1 Å². The number of ether oxygens (including phenoxy) is 1. The second-order valence-electron chi connectivity index (χ2n) is 6.36. The van der Waals surface area contributed by atoms with Crippen molar-refractivity contribution in [2.45, 2.75) is 44.1 Å². The van der Waals surface area contributed by atoms with Crippen LogP contribution in [0.5, 0.6) is 0 Å². The monoisotopic (exact) mass is 380 g/mol. The number of aromatic nitrogens is 3. The molecule has 0 aromatic carbocycles. The van der Waals surface area contributed by atoms with Gasteiger partial charge in [0.05, 0.1) is 6.10 Å². The highest BCUT2D eigenvalue weighted by Gasteiger charge is 2.43. The fourth-order valence-electron chi connectivity index (χ4n) is 3.35. The predicted molar refractivity (Wildman–Crippen MR) is 92.5 cm³/mol. The predicted octanol–water partition coefficient (Wildman–Crippen LogP) is 0.914. The molecular formula is C13H16N8O4S. The molecule has 26 heavy (non-hydrogen) atoms. The topological polar surface area (TPSA) is 170 Å². The van der Waals surface area contributed by atoms with Gasteiger partial charge in [0.2, 0.25) is 5.95 Å². The number of nitrogens with zero attached hydrogens (tertiary/aromatic N) is 5. The fraction of sp³-hybridized carbons (Fsp3) is 0.615. The summed E-state index contributed by atoms with van der Waals surface area (Å²) in [4.78, 5) is 39.7. The number of rotatable bonds is 6. The third-order valence-corrected chi connectivity index (χ3v) is 5.68. The fourth-order valence-corrected chi connectivity index (χ4v) is 4.24.